The van der Waals surface area contributed by atoms with Crippen LogP contribution in [-0.2, 0) is 10.0 Å². The van der Waals surface area contributed by atoms with E-state index >= 15 is 0 Å². The molecule has 2 unspecified atom stereocenters. The number of hydrogen-bond acceptors (Lipinski definition) is 3. The lowest BCUT2D eigenvalue weighted by atomic mass is 10.4. The van der Waals surface area contributed by atoms with Crippen molar-refractivity contribution in [1.29, 1.82) is 0 Å². The highest BCUT2D eigenvalue weighted by Gasteiger charge is 2.48. The molecule has 1 fully saturated rings. The fraction of sp³-hybridized carbons (Fsp3) is 1.00. The molecule has 0 N–H and O–H groups in total. The van der Waals surface area contributed by atoms with Crippen molar-refractivity contribution in [3.63, 3.8) is 0 Å². The molecule has 2 atom stereocenters. The molecule has 4 nitrogen and oxygen atoms in total. The van der Waals surface area contributed by atoms with E-state index in [2.05, 4.69) is 0 Å². The minimum atomic E-state index is -3.06. The van der Waals surface area contributed by atoms with Gasteiger partial charge in [0.25, 0.3) is 0 Å². The Morgan fingerprint density at radius 2 is 1.86 bits per heavy atom. The van der Waals surface area contributed by atoms with Gasteiger partial charge >= 0.3 is 0 Å². The zero-order chi connectivity index (χ0) is 10.9. The van der Waals surface area contributed by atoms with Gasteiger partial charge in [-0.3, -0.25) is 4.90 Å². The first-order chi connectivity index (χ1) is 6.45. The SMILES string of the molecule is CCN(CC)S(=O)(=O)C1CN1C(C)C. The molecule has 0 aromatic heterocycles. The van der Waals surface area contributed by atoms with Crippen molar-refractivity contribution in [3.05, 3.63) is 0 Å². The molecule has 0 aliphatic carbocycles. The van der Waals surface area contributed by atoms with Gasteiger partial charge in [0, 0.05) is 25.7 Å². The molecule has 0 spiro atoms. The minimum Gasteiger partial charge on any atom is -0.280 e. The Hall–Kier alpha value is -0.130. The normalized spacial score (nSPS) is 27.3. The van der Waals surface area contributed by atoms with E-state index in [1.807, 2.05) is 32.6 Å². The lowest BCUT2D eigenvalue weighted by Gasteiger charge is -2.19. The maximum atomic E-state index is 12.0. The van der Waals surface area contributed by atoms with E-state index < -0.39 is 10.0 Å². The second-order valence-electron chi connectivity index (χ2n) is 3.87. The third-order valence-corrected chi connectivity index (χ3v) is 5.02. The van der Waals surface area contributed by atoms with E-state index in [-0.39, 0.29) is 5.37 Å². The second-order valence-corrected chi connectivity index (χ2v) is 5.96. The van der Waals surface area contributed by atoms with Gasteiger partial charge in [-0.05, 0) is 13.8 Å². The molecule has 1 aliphatic heterocycles. The summed E-state index contributed by atoms with van der Waals surface area (Å²) >= 11 is 0. The van der Waals surface area contributed by atoms with Gasteiger partial charge in [-0.1, -0.05) is 13.8 Å². The molecule has 84 valence electrons. The second kappa shape index (κ2) is 4.16. The summed E-state index contributed by atoms with van der Waals surface area (Å²) in [5.74, 6) is 0. The van der Waals surface area contributed by atoms with E-state index in [4.69, 9.17) is 0 Å². The average Bonchev–Trinajstić information content (AvgIpc) is 2.84. The van der Waals surface area contributed by atoms with E-state index in [0.29, 0.717) is 25.7 Å². The van der Waals surface area contributed by atoms with Crippen molar-refractivity contribution in [2.45, 2.75) is 39.1 Å². The fourth-order valence-electron chi connectivity index (χ4n) is 1.70. The molecule has 0 bridgehead atoms. The Morgan fingerprint density at radius 3 is 2.14 bits per heavy atom. The lowest BCUT2D eigenvalue weighted by Crippen LogP contribution is -2.36. The van der Waals surface area contributed by atoms with E-state index in [1.54, 1.807) is 4.31 Å². The van der Waals surface area contributed by atoms with Crippen LogP contribution in [0.3, 0.4) is 0 Å². The lowest BCUT2D eigenvalue weighted by molar-refractivity contribution is 0.410. The Morgan fingerprint density at radius 1 is 1.36 bits per heavy atom. The standard InChI is InChI=1S/C9H20N2O2S/c1-5-10(6-2)14(12,13)9-7-11(9)8(3)4/h8-9H,5-7H2,1-4H3. The van der Waals surface area contributed by atoms with Crippen LogP contribution in [0, 0.1) is 0 Å². The molecule has 0 amide bonds. The van der Waals surface area contributed by atoms with Crippen molar-refractivity contribution in [3.8, 4) is 0 Å². The molecule has 14 heavy (non-hydrogen) atoms. The largest absolute Gasteiger partial charge is 0.280 e. The van der Waals surface area contributed by atoms with Crippen LogP contribution in [0.2, 0.25) is 0 Å². The molecular weight excluding hydrogens is 200 g/mol. The van der Waals surface area contributed by atoms with Crippen LogP contribution in [0.5, 0.6) is 0 Å². The summed E-state index contributed by atoms with van der Waals surface area (Å²) in [5, 5.41) is -0.262. The summed E-state index contributed by atoms with van der Waals surface area (Å²) in [6, 6.07) is 0.324. The highest BCUT2D eigenvalue weighted by molar-refractivity contribution is 7.90. The quantitative estimate of drug-likeness (QED) is 0.641. The molecule has 1 saturated heterocycles. The molecule has 1 aliphatic rings. The zero-order valence-electron chi connectivity index (χ0n) is 9.40. The Bertz CT molecular complexity index is 283. The molecule has 5 heteroatoms. The Kier molecular flexibility index (Phi) is 3.55. The van der Waals surface area contributed by atoms with Crippen LogP contribution in [0.25, 0.3) is 0 Å². The molecule has 0 radical (unpaired) electrons. The monoisotopic (exact) mass is 220 g/mol. The smallest absolute Gasteiger partial charge is 0.231 e. The number of rotatable bonds is 5. The number of hydrogen-bond donors (Lipinski definition) is 0. The third-order valence-electron chi connectivity index (χ3n) is 2.68. The summed E-state index contributed by atoms with van der Waals surface area (Å²) in [4.78, 5) is 1.99. The van der Waals surface area contributed by atoms with Crippen molar-refractivity contribution in [1.82, 2.24) is 9.21 Å². The average molecular weight is 220 g/mol. The molecule has 1 heterocycles. The van der Waals surface area contributed by atoms with Gasteiger partial charge in [0.15, 0.2) is 0 Å². The van der Waals surface area contributed by atoms with Crippen LogP contribution in [-0.4, -0.2) is 48.7 Å². The molecular formula is C9H20N2O2S. The van der Waals surface area contributed by atoms with Gasteiger partial charge in [-0.2, -0.15) is 0 Å². The molecule has 1 rings (SSSR count). The van der Waals surface area contributed by atoms with Crippen LogP contribution < -0.4 is 0 Å². The maximum Gasteiger partial charge on any atom is 0.231 e. The van der Waals surface area contributed by atoms with Gasteiger partial charge in [0.1, 0.15) is 5.37 Å². The van der Waals surface area contributed by atoms with Gasteiger partial charge in [-0.15, -0.1) is 0 Å². The topological polar surface area (TPSA) is 40.4 Å². The summed E-state index contributed by atoms with van der Waals surface area (Å²) in [7, 11) is -3.06. The number of nitrogens with zero attached hydrogens (tertiary/aromatic N) is 2. The third kappa shape index (κ3) is 2.10. The van der Waals surface area contributed by atoms with Gasteiger partial charge in [-0.25, -0.2) is 12.7 Å². The molecule has 0 aromatic carbocycles. The van der Waals surface area contributed by atoms with E-state index in [0.717, 1.165) is 0 Å². The van der Waals surface area contributed by atoms with Crippen LogP contribution in [0.1, 0.15) is 27.7 Å². The summed E-state index contributed by atoms with van der Waals surface area (Å²) < 4.78 is 25.5. The first-order valence-electron chi connectivity index (χ1n) is 5.19. The zero-order valence-corrected chi connectivity index (χ0v) is 10.2. The van der Waals surface area contributed by atoms with Crippen LogP contribution in [0.15, 0.2) is 0 Å². The summed E-state index contributed by atoms with van der Waals surface area (Å²) in [6.45, 7) is 9.64. The molecule has 0 aromatic rings. The summed E-state index contributed by atoms with van der Waals surface area (Å²) in [6.07, 6.45) is 0. The number of sulfonamides is 1. The van der Waals surface area contributed by atoms with Gasteiger partial charge < -0.3 is 0 Å². The fourth-order valence-corrected chi connectivity index (χ4v) is 3.71. The minimum absolute atomic E-state index is 0.262. The Labute approximate surface area is 86.9 Å². The van der Waals surface area contributed by atoms with E-state index in [9.17, 15) is 8.42 Å². The predicted molar refractivity (Wildman–Crippen MR) is 57.5 cm³/mol. The molecule has 0 saturated carbocycles. The van der Waals surface area contributed by atoms with Crippen LogP contribution >= 0.6 is 0 Å². The highest BCUT2D eigenvalue weighted by atomic mass is 32.2. The van der Waals surface area contributed by atoms with Crippen molar-refractivity contribution in [2.75, 3.05) is 19.6 Å². The van der Waals surface area contributed by atoms with E-state index in [1.165, 1.54) is 0 Å². The summed E-state index contributed by atoms with van der Waals surface area (Å²) in [5.41, 5.74) is 0. The van der Waals surface area contributed by atoms with Crippen molar-refractivity contribution < 1.29 is 8.42 Å². The van der Waals surface area contributed by atoms with Crippen molar-refractivity contribution in [2.24, 2.45) is 0 Å². The van der Waals surface area contributed by atoms with Crippen molar-refractivity contribution >= 4 is 10.0 Å². The van der Waals surface area contributed by atoms with Gasteiger partial charge in [0.05, 0.1) is 0 Å². The first-order valence-corrected chi connectivity index (χ1v) is 6.70. The highest BCUT2D eigenvalue weighted by Crippen LogP contribution is 2.28. The van der Waals surface area contributed by atoms with Crippen LogP contribution in [0.4, 0.5) is 0 Å². The first kappa shape index (κ1) is 11.9. The Balaban J connectivity index is 2.69. The van der Waals surface area contributed by atoms with Gasteiger partial charge in [0.2, 0.25) is 10.0 Å². The predicted octanol–water partition coefficient (Wildman–Crippen LogP) is 0.708. The maximum absolute atomic E-state index is 12.0.